The lowest BCUT2D eigenvalue weighted by molar-refractivity contribution is 0.0691. The number of rotatable bonds is 4. The fourth-order valence-corrected chi connectivity index (χ4v) is 2.45. The second kappa shape index (κ2) is 5.05. The molecule has 0 radical (unpaired) electrons. The zero-order valence-corrected chi connectivity index (χ0v) is 11.9. The summed E-state index contributed by atoms with van der Waals surface area (Å²) in [5.41, 5.74) is 2.91. The second-order valence-corrected chi connectivity index (χ2v) is 4.93. The van der Waals surface area contributed by atoms with Crippen molar-refractivity contribution in [2.24, 2.45) is 7.05 Å². The lowest BCUT2D eigenvalue weighted by Gasteiger charge is -2.03. The van der Waals surface area contributed by atoms with Crippen molar-refractivity contribution >= 4 is 16.9 Å². The molecule has 21 heavy (non-hydrogen) atoms. The van der Waals surface area contributed by atoms with Crippen LogP contribution in [0.3, 0.4) is 0 Å². The van der Waals surface area contributed by atoms with Gasteiger partial charge in [-0.2, -0.15) is 10.2 Å². The van der Waals surface area contributed by atoms with Gasteiger partial charge < -0.3 is 5.11 Å². The summed E-state index contributed by atoms with van der Waals surface area (Å²) in [6, 6.07) is 9.39. The zero-order chi connectivity index (χ0) is 15.0. The van der Waals surface area contributed by atoms with Gasteiger partial charge in [-0.1, -0.05) is 25.1 Å². The first kappa shape index (κ1) is 13.4. The fraction of sp³-hybridized carbons (Fsp3) is 0.267. The van der Waals surface area contributed by atoms with Crippen molar-refractivity contribution in [2.75, 3.05) is 0 Å². The quantitative estimate of drug-likeness (QED) is 0.796. The minimum Gasteiger partial charge on any atom is -0.476 e. The predicted octanol–water partition coefficient (Wildman–Crippen LogP) is 2.08. The maximum atomic E-state index is 11.3. The van der Waals surface area contributed by atoms with E-state index in [1.807, 2.05) is 36.0 Å². The van der Waals surface area contributed by atoms with Gasteiger partial charge >= 0.3 is 5.97 Å². The Morgan fingerprint density at radius 3 is 2.71 bits per heavy atom. The molecule has 0 amide bonds. The molecular weight excluding hydrogens is 268 g/mol. The van der Waals surface area contributed by atoms with E-state index in [4.69, 9.17) is 0 Å². The molecule has 2 aromatic heterocycles. The zero-order valence-electron chi connectivity index (χ0n) is 11.9. The number of carboxylic acids is 1. The lowest BCUT2D eigenvalue weighted by atomic mass is 10.2. The van der Waals surface area contributed by atoms with Gasteiger partial charge in [0.2, 0.25) is 0 Å². The van der Waals surface area contributed by atoms with E-state index in [0.29, 0.717) is 11.9 Å². The number of benzene rings is 1. The van der Waals surface area contributed by atoms with Gasteiger partial charge in [0.15, 0.2) is 5.69 Å². The summed E-state index contributed by atoms with van der Waals surface area (Å²) in [5, 5.41) is 18.6. The van der Waals surface area contributed by atoms with E-state index >= 15 is 0 Å². The third-order valence-electron chi connectivity index (χ3n) is 3.56. The maximum absolute atomic E-state index is 11.3. The minimum atomic E-state index is -1.01. The number of carboxylic acid groups (broad SMARTS) is 1. The Kier molecular flexibility index (Phi) is 3.21. The lowest BCUT2D eigenvalue weighted by Crippen LogP contribution is -2.08. The minimum absolute atomic E-state index is 0.0866. The molecule has 6 heteroatoms. The second-order valence-electron chi connectivity index (χ2n) is 4.93. The smallest absolute Gasteiger partial charge is 0.357 e. The van der Waals surface area contributed by atoms with E-state index in [9.17, 15) is 9.90 Å². The number of fused-ring (bicyclic) bond motifs is 1. The van der Waals surface area contributed by atoms with Crippen LogP contribution >= 0.6 is 0 Å². The largest absolute Gasteiger partial charge is 0.476 e. The van der Waals surface area contributed by atoms with E-state index in [1.165, 1.54) is 0 Å². The van der Waals surface area contributed by atoms with Crippen LogP contribution in [0.5, 0.6) is 0 Å². The molecule has 0 aliphatic rings. The average molecular weight is 284 g/mol. The molecule has 108 valence electrons. The normalized spacial score (nSPS) is 11.1. The Morgan fingerprint density at radius 1 is 1.29 bits per heavy atom. The standard InChI is InChI=1S/C15H16N4O2/c1-3-10-8-11(18(2)16-10)9-19-13-7-5-4-6-12(13)14(17-19)15(20)21/h4-8H,3,9H2,1-2H3,(H,20,21). The first-order valence-electron chi connectivity index (χ1n) is 6.80. The molecule has 0 bridgehead atoms. The number of aromatic nitrogens is 4. The molecule has 1 aromatic carbocycles. The number of aromatic carboxylic acids is 1. The van der Waals surface area contributed by atoms with Crippen LogP contribution < -0.4 is 0 Å². The van der Waals surface area contributed by atoms with E-state index < -0.39 is 5.97 Å². The van der Waals surface area contributed by atoms with Gasteiger partial charge in [0.25, 0.3) is 0 Å². The summed E-state index contributed by atoms with van der Waals surface area (Å²) in [6.07, 6.45) is 0.869. The Balaban J connectivity index is 2.08. The van der Waals surface area contributed by atoms with Crippen LogP contribution in [0.25, 0.3) is 10.9 Å². The molecule has 3 rings (SSSR count). The molecule has 0 aliphatic carbocycles. The van der Waals surface area contributed by atoms with E-state index in [1.54, 1.807) is 10.7 Å². The number of aryl methyl sites for hydroxylation is 2. The van der Waals surface area contributed by atoms with E-state index in [-0.39, 0.29) is 5.69 Å². The average Bonchev–Trinajstić information content (AvgIpc) is 3.01. The Morgan fingerprint density at radius 2 is 2.05 bits per heavy atom. The molecule has 0 saturated heterocycles. The maximum Gasteiger partial charge on any atom is 0.357 e. The Hall–Kier alpha value is -2.63. The molecule has 6 nitrogen and oxygen atoms in total. The topological polar surface area (TPSA) is 72.9 Å². The van der Waals surface area contributed by atoms with Crippen LogP contribution in [0.4, 0.5) is 0 Å². The van der Waals surface area contributed by atoms with Crippen LogP contribution in [0.2, 0.25) is 0 Å². The van der Waals surface area contributed by atoms with Crippen LogP contribution in [0.1, 0.15) is 28.8 Å². The highest BCUT2D eigenvalue weighted by atomic mass is 16.4. The molecule has 2 heterocycles. The van der Waals surface area contributed by atoms with Crippen molar-refractivity contribution in [1.29, 1.82) is 0 Å². The fourth-order valence-electron chi connectivity index (χ4n) is 2.45. The SMILES string of the molecule is CCc1cc(Cn2nc(C(=O)O)c3ccccc32)n(C)n1. The molecule has 0 aliphatic heterocycles. The number of para-hydroxylation sites is 1. The molecule has 3 aromatic rings. The summed E-state index contributed by atoms with van der Waals surface area (Å²) in [6.45, 7) is 2.55. The van der Waals surface area contributed by atoms with Crippen LogP contribution in [-0.2, 0) is 20.0 Å². The predicted molar refractivity (Wildman–Crippen MR) is 78.4 cm³/mol. The third kappa shape index (κ3) is 2.29. The summed E-state index contributed by atoms with van der Waals surface area (Å²) in [5.74, 6) is -1.01. The van der Waals surface area contributed by atoms with Crippen molar-refractivity contribution in [2.45, 2.75) is 19.9 Å². The molecule has 0 atom stereocenters. The molecule has 0 fully saturated rings. The van der Waals surface area contributed by atoms with Crippen LogP contribution in [0, 0.1) is 0 Å². The number of carbonyl (C=O) groups is 1. The summed E-state index contributed by atoms with van der Waals surface area (Å²) >= 11 is 0. The number of hydrogen-bond donors (Lipinski definition) is 1. The van der Waals surface area contributed by atoms with E-state index in [0.717, 1.165) is 23.3 Å². The summed E-state index contributed by atoms with van der Waals surface area (Å²) in [7, 11) is 1.89. The Bertz CT molecular complexity index is 816. The van der Waals surface area contributed by atoms with Gasteiger partial charge in [0.05, 0.1) is 23.4 Å². The van der Waals surface area contributed by atoms with Crippen LogP contribution in [0.15, 0.2) is 30.3 Å². The molecular formula is C15H16N4O2. The summed E-state index contributed by atoms with van der Waals surface area (Å²) in [4.78, 5) is 11.3. The van der Waals surface area contributed by atoms with Crippen molar-refractivity contribution in [3.8, 4) is 0 Å². The van der Waals surface area contributed by atoms with Crippen molar-refractivity contribution in [3.63, 3.8) is 0 Å². The van der Waals surface area contributed by atoms with Gasteiger partial charge in [-0.25, -0.2) is 4.79 Å². The highest BCUT2D eigenvalue weighted by molar-refractivity contribution is 6.01. The van der Waals surface area contributed by atoms with Gasteiger partial charge in [-0.15, -0.1) is 0 Å². The number of hydrogen-bond acceptors (Lipinski definition) is 3. The van der Waals surface area contributed by atoms with E-state index in [2.05, 4.69) is 17.1 Å². The van der Waals surface area contributed by atoms with Crippen molar-refractivity contribution in [3.05, 3.63) is 47.4 Å². The Labute approximate surface area is 121 Å². The van der Waals surface area contributed by atoms with Gasteiger partial charge in [0.1, 0.15) is 0 Å². The highest BCUT2D eigenvalue weighted by Gasteiger charge is 2.16. The molecule has 1 N–H and O–H groups in total. The van der Waals surface area contributed by atoms with Crippen molar-refractivity contribution in [1.82, 2.24) is 19.6 Å². The highest BCUT2D eigenvalue weighted by Crippen LogP contribution is 2.19. The third-order valence-corrected chi connectivity index (χ3v) is 3.56. The first-order valence-corrected chi connectivity index (χ1v) is 6.80. The van der Waals surface area contributed by atoms with Crippen LogP contribution in [-0.4, -0.2) is 30.6 Å². The summed E-state index contributed by atoms with van der Waals surface area (Å²) < 4.78 is 3.53. The number of nitrogens with zero attached hydrogens (tertiary/aromatic N) is 4. The molecule has 0 unspecified atom stereocenters. The van der Waals surface area contributed by atoms with Crippen molar-refractivity contribution < 1.29 is 9.90 Å². The first-order chi connectivity index (χ1) is 10.1. The van der Waals surface area contributed by atoms with Gasteiger partial charge in [0, 0.05) is 12.4 Å². The van der Waals surface area contributed by atoms with Gasteiger partial charge in [-0.3, -0.25) is 9.36 Å². The molecule has 0 saturated carbocycles. The monoisotopic (exact) mass is 284 g/mol. The molecule has 0 spiro atoms. The van der Waals surface area contributed by atoms with Gasteiger partial charge in [-0.05, 0) is 18.6 Å².